The van der Waals surface area contributed by atoms with Gasteiger partial charge in [-0.25, -0.2) is 9.67 Å². The second-order valence-electron chi connectivity index (χ2n) is 3.80. The number of thiophene rings is 1. The van der Waals surface area contributed by atoms with E-state index in [4.69, 9.17) is 11.6 Å². The van der Waals surface area contributed by atoms with Crippen LogP contribution in [0.5, 0.6) is 0 Å². The maximum Gasteiger partial charge on any atom is 0.225 e. The minimum atomic E-state index is 0.575. The first kappa shape index (κ1) is 11.4. The third kappa shape index (κ3) is 1.83. The number of nitrogens with one attached hydrogen (secondary N) is 1. The molecule has 7 heteroatoms. The van der Waals surface area contributed by atoms with E-state index in [1.54, 1.807) is 35.5 Å². The molecule has 0 saturated carbocycles. The van der Waals surface area contributed by atoms with E-state index >= 15 is 0 Å². The first-order valence-corrected chi connectivity index (χ1v) is 6.53. The van der Waals surface area contributed by atoms with Crippen molar-refractivity contribution in [2.75, 3.05) is 12.4 Å². The molecule has 5 nitrogen and oxygen atoms in total. The van der Waals surface area contributed by atoms with Gasteiger partial charge >= 0.3 is 0 Å². The molecular formula is C11H10ClN5S. The molecule has 92 valence electrons. The zero-order valence-corrected chi connectivity index (χ0v) is 11.4. The molecule has 18 heavy (non-hydrogen) atoms. The van der Waals surface area contributed by atoms with Gasteiger partial charge in [-0.2, -0.15) is 10.1 Å². The fourth-order valence-corrected chi connectivity index (χ4v) is 2.74. The molecule has 0 atom stereocenters. The van der Waals surface area contributed by atoms with E-state index in [-0.39, 0.29) is 0 Å². The van der Waals surface area contributed by atoms with Gasteiger partial charge in [0.25, 0.3) is 0 Å². The summed E-state index contributed by atoms with van der Waals surface area (Å²) in [7, 11) is 1.79. The molecule has 0 spiro atoms. The molecule has 3 aromatic rings. The van der Waals surface area contributed by atoms with Crippen LogP contribution in [-0.2, 0) is 0 Å². The first-order chi connectivity index (χ1) is 8.67. The molecule has 1 N–H and O–H groups in total. The highest BCUT2D eigenvalue weighted by molar-refractivity contribution is 7.18. The Morgan fingerprint density at radius 1 is 1.39 bits per heavy atom. The van der Waals surface area contributed by atoms with Gasteiger partial charge < -0.3 is 5.32 Å². The van der Waals surface area contributed by atoms with Crippen molar-refractivity contribution in [3.63, 3.8) is 0 Å². The molecule has 0 aliphatic rings. The maximum absolute atomic E-state index is 5.90. The molecule has 0 bridgehead atoms. The van der Waals surface area contributed by atoms with Crippen molar-refractivity contribution in [3.8, 4) is 5.82 Å². The number of aromatic nitrogens is 4. The van der Waals surface area contributed by atoms with Crippen LogP contribution in [0.15, 0.2) is 18.5 Å². The summed E-state index contributed by atoms with van der Waals surface area (Å²) in [4.78, 5) is 11.0. The predicted octanol–water partition coefficient (Wildman–Crippen LogP) is 2.88. The zero-order chi connectivity index (χ0) is 12.7. The number of hydrogen-bond donors (Lipinski definition) is 1. The van der Waals surface area contributed by atoms with Gasteiger partial charge in [0.05, 0.1) is 22.8 Å². The summed E-state index contributed by atoms with van der Waals surface area (Å²) in [5, 5.41) is 8.71. The van der Waals surface area contributed by atoms with Gasteiger partial charge in [-0.15, -0.1) is 11.3 Å². The molecule has 3 heterocycles. The largest absolute Gasteiger partial charge is 0.357 e. The van der Waals surface area contributed by atoms with Gasteiger partial charge in [0.1, 0.15) is 4.83 Å². The molecule has 0 amide bonds. The number of halogens is 1. The van der Waals surface area contributed by atoms with Crippen molar-refractivity contribution in [1.82, 2.24) is 19.7 Å². The van der Waals surface area contributed by atoms with Crippen LogP contribution in [0.1, 0.15) is 4.88 Å². The van der Waals surface area contributed by atoms with E-state index < -0.39 is 0 Å². The van der Waals surface area contributed by atoms with Crippen LogP contribution in [0.3, 0.4) is 0 Å². The SMILES string of the molecule is CNc1nc(-n2cc(Cl)cn2)c2cc(C)sc2n1. The minimum Gasteiger partial charge on any atom is -0.357 e. The van der Waals surface area contributed by atoms with Crippen LogP contribution in [0, 0.1) is 6.92 Å². The smallest absolute Gasteiger partial charge is 0.225 e. The topological polar surface area (TPSA) is 55.6 Å². The highest BCUT2D eigenvalue weighted by atomic mass is 35.5. The van der Waals surface area contributed by atoms with Crippen LogP contribution in [0.4, 0.5) is 5.95 Å². The predicted molar refractivity (Wildman–Crippen MR) is 73.8 cm³/mol. The van der Waals surface area contributed by atoms with Gasteiger partial charge in [-0.05, 0) is 13.0 Å². The van der Waals surface area contributed by atoms with Crippen LogP contribution < -0.4 is 5.32 Å². The summed E-state index contributed by atoms with van der Waals surface area (Å²) in [6, 6.07) is 2.06. The number of fused-ring (bicyclic) bond motifs is 1. The first-order valence-electron chi connectivity index (χ1n) is 5.34. The molecule has 0 unspecified atom stereocenters. The van der Waals surface area contributed by atoms with Gasteiger partial charge in [0, 0.05) is 11.9 Å². The molecule has 3 aromatic heterocycles. The van der Waals surface area contributed by atoms with Crippen LogP contribution >= 0.6 is 22.9 Å². The molecule has 0 aromatic carbocycles. The third-order valence-corrected chi connectivity index (χ3v) is 3.63. The number of aryl methyl sites for hydroxylation is 1. The Morgan fingerprint density at radius 3 is 2.89 bits per heavy atom. The maximum atomic E-state index is 5.90. The quantitative estimate of drug-likeness (QED) is 0.784. The number of nitrogens with zero attached hydrogens (tertiary/aromatic N) is 4. The Morgan fingerprint density at radius 2 is 2.22 bits per heavy atom. The number of anilines is 1. The molecular weight excluding hydrogens is 270 g/mol. The minimum absolute atomic E-state index is 0.575. The summed E-state index contributed by atoms with van der Waals surface area (Å²) in [5.74, 6) is 1.31. The van der Waals surface area contributed by atoms with Gasteiger partial charge in [-0.3, -0.25) is 0 Å². The summed E-state index contributed by atoms with van der Waals surface area (Å²) < 4.78 is 1.67. The van der Waals surface area contributed by atoms with Gasteiger partial charge in [0.2, 0.25) is 5.95 Å². The standard InChI is InChI=1S/C11H10ClN5S/c1-6-3-8-9(17-5-7(12)4-14-17)15-11(13-2)16-10(8)18-6/h3-5H,1-2H3,(H,13,15,16). The second-order valence-corrected chi connectivity index (χ2v) is 5.47. The molecule has 0 radical (unpaired) electrons. The molecule has 0 fully saturated rings. The van der Waals surface area contributed by atoms with Gasteiger partial charge in [0.15, 0.2) is 5.82 Å². The summed E-state index contributed by atoms with van der Waals surface area (Å²) in [5.41, 5.74) is 0. The Bertz CT molecular complexity index is 717. The lowest BCUT2D eigenvalue weighted by molar-refractivity contribution is 0.853. The molecule has 0 aliphatic carbocycles. The summed E-state index contributed by atoms with van der Waals surface area (Å²) in [6.07, 6.45) is 3.32. The Hall–Kier alpha value is -1.66. The molecule has 3 rings (SSSR count). The second kappa shape index (κ2) is 4.22. The lowest BCUT2D eigenvalue weighted by atomic mass is 10.3. The summed E-state index contributed by atoms with van der Waals surface area (Å²) in [6.45, 7) is 2.05. The highest BCUT2D eigenvalue weighted by Crippen LogP contribution is 2.28. The van der Waals surface area contributed by atoms with E-state index in [1.165, 1.54) is 4.88 Å². The van der Waals surface area contributed by atoms with Crippen molar-refractivity contribution in [1.29, 1.82) is 0 Å². The van der Waals surface area contributed by atoms with Crippen molar-refractivity contribution in [2.24, 2.45) is 0 Å². The molecule has 0 aliphatic heterocycles. The van der Waals surface area contributed by atoms with Crippen molar-refractivity contribution >= 4 is 39.1 Å². The van der Waals surface area contributed by atoms with Crippen molar-refractivity contribution in [3.05, 3.63) is 28.4 Å². The van der Waals surface area contributed by atoms with E-state index in [9.17, 15) is 0 Å². The van der Waals surface area contributed by atoms with Gasteiger partial charge in [-0.1, -0.05) is 11.6 Å². The molecule has 0 saturated heterocycles. The number of hydrogen-bond acceptors (Lipinski definition) is 5. The van der Waals surface area contributed by atoms with Crippen LogP contribution in [-0.4, -0.2) is 26.8 Å². The van der Waals surface area contributed by atoms with E-state index in [0.29, 0.717) is 11.0 Å². The average Bonchev–Trinajstić information content (AvgIpc) is 2.92. The van der Waals surface area contributed by atoms with E-state index in [0.717, 1.165) is 16.0 Å². The lowest BCUT2D eigenvalue weighted by Crippen LogP contribution is -2.03. The van der Waals surface area contributed by atoms with Crippen molar-refractivity contribution < 1.29 is 0 Å². The van der Waals surface area contributed by atoms with E-state index in [1.807, 2.05) is 6.92 Å². The normalized spacial score (nSPS) is 11.1. The fourth-order valence-electron chi connectivity index (χ4n) is 1.73. The lowest BCUT2D eigenvalue weighted by Gasteiger charge is -2.04. The van der Waals surface area contributed by atoms with E-state index in [2.05, 4.69) is 26.4 Å². The van der Waals surface area contributed by atoms with Crippen LogP contribution in [0.2, 0.25) is 5.02 Å². The van der Waals surface area contributed by atoms with Crippen molar-refractivity contribution in [2.45, 2.75) is 6.92 Å². The Labute approximate surface area is 112 Å². The zero-order valence-electron chi connectivity index (χ0n) is 9.81. The van der Waals surface area contributed by atoms with Crippen LogP contribution in [0.25, 0.3) is 16.0 Å². The average molecular weight is 280 g/mol. The Balaban J connectivity index is 2.31. The third-order valence-electron chi connectivity index (χ3n) is 2.49. The monoisotopic (exact) mass is 279 g/mol. The Kier molecular flexibility index (Phi) is 2.68. The number of rotatable bonds is 2. The fraction of sp³-hybridized carbons (Fsp3) is 0.182. The summed E-state index contributed by atoms with van der Waals surface area (Å²) >= 11 is 7.53. The highest BCUT2D eigenvalue weighted by Gasteiger charge is 2.12.